The smallest absolute Gasteiger partial charge is 0.356 e. The number of aromatic carboxylic acids is 1. The number of anilines is 1. The van der Waals surface area contributed by atoms with Gasteiger partial charge in [-0.15, -0.1) is 0 Å². The number of carbonyl (C=O) groups is 1. The molecule has 0 saturated carbocycles. The van der Waals surface area contributed by atoms with E-state index >= 15 is 0 Å². The maximum absolute atomic E-state index is 10.6. The summed E-state index contributed by atoms with van der Waals surface area (Å²) in [5.74, 6) is -0.556. The van der Waals surface area contributed by atoms with Gasteiger partial charge in [0.05, 0.1) is 23.8 Å². The van der Waals surface area contributed by atoms with Crippen LogP contribution in [0.2, 0.25) is 0 Å². The predicted molar refractivity (Wildman–Crippen MR) is 68.0 cm³/mol. The summed E-state index contributed by atoms with van der Waals surface area (Å²) in [6.07, 6.45) is 6.77. The van der Waals surface area contributed by atoms with Gasteiger partial charge in [-0.3, -0.25) is 9.97 Å². The number of rotatable bonds is 5. The molecule has 19 heavy (non-hydrogen) atoms. The van der Waals surface area contributed by atoms with Crippen LogP contribution in [0.1, 0.15) is 21.9 Å². The first-order valence-electron chi connectivity index (χ1n) is 5.72. The topological polar surface area (TPSA) is 101 Å². The van der Waals surface area contributed by atoms with E-state index < -0.39 is 5.97 Å². The third-order valence-electron chi connectivity index (χ3n) is 2.39. The zero-order chi connectivity index (χ0) is 13.7. The highest BCUT2D eigenvalue weighted by atomic mass is 16.4. The third-order valence-corrected chi connectivity index (χ3v) is 2.39. The van der Waals surface area contributed by atoms with Gasteiger partial charge in [-0.05, 0) is 6.92 Å². The van der Waals surface area contributed by atoms with Gasteiger partial charge in [0.15, 0.2) is 5.69 Å². The minimum Gasteiger partial charge on any atom is -0.476 e. The van der Waals surface area contributed by atoms with Crippen molar-refractivity contribution in [1.29, 1.82) is 0 Å². The average Bonchev–Trinajstić information content (AvgIpc) is 2.41. The van der Waals surface area contributed by atoms with Crippen LogP contribution in [0.4, 0.5) is 5.82 Å². The Balaban J connectivity index is 1.85. The van der Waals surface area contributed by atoms with Crippen molar-refractivity contribution in [2.24, 2.45) is 0 Å². The van der Waals surface area contributed by atoms with Crippen molar-refractivity contribution in [3.63, 3.8) is 0 Å². The number of carboxylic acid groups (broad SMARTS) is 1. The van der Waals surface area contributed by atoms with Crippen LogP contribution >= 0.6 is 0 Å². The number of hydrogen-bond donors (Lipinski definition) is 2. The van der Waals surface area contributed by atoms with E-state index in [2.05, 4.69) is 25.3 Å². The Morgan fingerprint density at radius 2 is 2.00 bits per heavy atom. The lowest BCUT2D eigenvalue weighted by Gasteiger charge is -2.04. The van der Waals surface area contributed by atoms with Crippen molar-refractivity contribution < 1.29 is 9.90 Å². The van der Waals surface area contributed by atoms with Crippen molar-refractivity contribution in [2.75, 3.05) is 11.9 Å². The van der Waals surface area contributed by atoms with Crippen molar-refractivity contribution >= 4 is 11.8 Å². The molecule has 0 spiro atoms. The Kier molecular flexibility index (Phi) is 3.97. The highest BCUT2D eigenvalue weighted by Gasteiger charge is 2.04. The van der Waals surface area contributed by atoms with Gasteiger partial charge in [-0.1, -0.05) is 0 Å². The molecule has 2 N–H and O–H groups in total. The van der Waals surface area contributed by atoms with E-state index in [1.54, 1.807) is 12.4 Å². The first kappa shape index (κ1) is 12.9. The maximum atomic E-state index is 10.6. The molecule has 7 heteroatoms. The van der Waals surface area contributed by atoms with Crippen LogP contribution in [0.3, 0.4) is 0 Å². The summed E-state index contributed by atoms with van der Waals surface area (Å²) in [5.41, 5.74) is 1.69. The molecule has 98 valence electrons. The summed E-state index contributed by atoms with van der Waals surface area (Å²) in [6.45, 7) is 2.51. The second-order valence-corrected chi connectivity index (χ2v) is 3.92. The Hall–Kier alpha value is -2.57. The quantitative estimate of drug-likeness (QED) is 0.823. The lowest BCUT2D eigenvalue weighted by Crippen LogP contribution is -2.09. The number of hydrogen-bond acceptors (Lipinski definition) is 6. The number of aromatic nitrogens is 4. The SMILES string of the molecule is Cc1cnc(CCNc2cnc(C(=O)O)cn2)cn1. The van der Waals surface area contributed by atoms with Gasteiger partial charge < -0.3 is 10.4 Å². The number of nitrogens with zero attached hydrogens (tertiary/aromatic N) is 4. The van der Waals surface area contributed by atoms with Crippen molar-refractivity contribution in [1.82, 2.24) is 19.9 Å². The molecule has 0 atom stereocenters. The Morgan fingerprint density at radius 3 is 2.58 bits per heavy atom. The second-order valence-electron chi connectivity index (χ2n) is 3.92. The summed E-state index contributed by atoms with van der Waals surface area (Å²) in [4.78, 5) is 26.7. The lowest BCUT2D eigenvalue weighted by molar-refractivity contribution is 0.0690. The Labute approximate surface area is 109 Å². The van der Waals surface area contributed by atoms with Crippen LogP contribution in [0.5, 0.6) is 0 Å². The Morgan fingerprint density at radius 1 is 1.16 bits per heavy atom. The summed E-state index contributed by atoms with van der Waals surface area (Å²) in [7, 11) is 0. The molecule has 2 rings (SSSR count). The fraction of sp³-hybridized carbons (Fsp3) is 0.250. The molecule has 0 bridgehead atoms. The molecule has 0 radical (unpaired) electrons. The number of aryl methyl sites for hydroxylation is 1. The minimum atomic E-state index is -1.09. The predicted octanol–water partition coefficient (Wildman–Crippen LogP) is 0.928. The molecular weight excluding hydrogens is 246 g/mol. The molecular formula is C12H13N5O2. The zero-order valence-electron chi connectivity index (χ0n) is 10.4. The average molecular weight is 259 g/mol. The lowest BCUT2D eigenvalue weighted by atomic mass is 10.3. The van der Waals surface area contributed by atoms with E-state index in [0.29, 0.717) is 18.8 Å². The van der Waals surface area contributed by atoms with Gasteiger partial charge in [0, 0.05) is 25.4 Å². The van der Waals surface area contributed by atoms with Gasteiger partial charge in [0.1, 0.15) is 5.82 Å². The van der Waals surface area contributed by atoms with Crippen molar-refractivity contribution in [3.05, 3.63) is 41.9 Å². The highest BCUT2D eigenvalue weighted by Crippen LogP contribution is 2.02. The van der Waals surface area contributed by atoms with E-state index in [4.69, 9.17) is 5.11 Å². The Bertz CT molecular complexity index is 553. The standard InChI is InChI=1S/C12H13N5O2/c1-8-4-15-9(5-14-8)2-3-13-11-7-16-10(6-17-11)12(18)19/h4-7H,2-3H2,1H3,(H,13,17)(H,18,19). The normalized spacial score (nSPS) is 10.2. The van der Waals surface area contributed by atoms with Crippen LogP contribution in [0, 0.1) is 6.92 Å². The molecule has 0 aliphatic rings. The van der Waals surface area contributed by atoms with Crippen LogP contribution in [-0.4, -0.2) is 37.6 Å². The molecule has 2 aromatic heterocycles. The first-order valence-corrected chi connectivity index (χ1v) is 5.72. The molecule has 0 aromatic carbocycles. The van der Waals surface area contributed by atoms with Gasteiger partial charge in [-0.2, -0.15) is 0 Å². The van der Waals surface area contributed by atoms with E-state index in [0.717, 1.165) is 11.4 Å². The van der Waals surface area contributed by atoms with Crippen LogP contribution in [0.25, 0.3) is 0 Å². The van der Waals surface area contributed by atoms with Crippen LogP contribution in [-0.2, 0) is 6.42 Å². The van der Waals surface area contributed by atoms with E-state index in [-0.39, 0.29) is 5.69 Å². The van der Waals surface area contributed by atoms with E-state index in [1.807, 2.05) is 6.92 Å². The summed E-state index contributed by atoms with van der Waals surface area (Å²) >= 11 is 0. The molecule has 0 amide bonds. The molecule has 7 nitrogen and oxygen atoms in total. The molecule has 2 aromatic rings. The minimum absolute atomic E-state index is 0.0741. The van der Waals surface area contributed by atoms with Gasteiger partial charge >= 0.3 is 5.97 Å². The molecule has 0 aliphatic carbocycles. The van der Waals surface area contributed by atoms with Gasteiger partial charge in [0.2, 0.25) is 0 Å². The summed E-state index contributed by atoms with van der Waals surface area (Å²) in [6, 6.07) is 0. The van der Waals surface area contributed by atoms with E-state index in [9.17, 15) is 4.79 Å². The molecule has 0 fully saturated rings. The molecule has 0 aliphatic heterocycles. The summed E-state index contributed by atoms with van der Waals surface area (Å²) < 4.78 is 0. The fourth-order valence-corrected chi connectivity index (χ4v) is 1.40. The molecule has 0 unspecified atom stereocenters. The number of carboxylic acids is 1. The first-order chi connectivity index (χ1) is 9.15. The third kappa shape index (κ3) is 3.70. The van der Waals surface area contributed by atoms with Gasteiger partial charge in [0.25, 0.3) is 0 Å². The van der Waals surface area contributed by atoms with E-state index in [1.165, 1.54) is 12.4 Å². The fourth-order valence-electron chi connectivity index (χ4n) is 1.40. The summed E-state index contributed by atoms with van der Waals surface area (Å²) in [5, 5.41) is 11.7. The van der Waals surface area contributed by atoms with Crippen molar-refractivity contribution in [2.45, 2.75) is 13.3 Å². The van der Waals surface area contributed by atoms with Crippen LogP contribution in [0.15, 0.2) is 24.8 Å². The largest absolute Gasteiger partial charge is 0.476 e. The second kappa shape index (κ2) is 5.85. The highest BCUT2D eigenvalue weighted by molar-refractivity contribution is 5.84. The monoisotopic (exact) mass is 259 g/mol. The molecule has 2 heterocycles. The molecule has 0 saturated heterocycles. The van der Waals surface area contributed by atoms with Crippen molar-refractivity contribution in [3.8, 4) is 0 Å². The maximum Gasteiger partial charge on any atom is 0.356 e. The van der Waals surface area contributed by atoms with Gasteiger partial charge in [-0.25, -0.2) is 14.8 Å². The number of nitrogens with one attached hydrogen (secondary N) is 1. The van der Waals surface area contributed by atoms with Crippen LogP contribution < -0.4 is 5.32 Å². The zero-order valence-corrected chi connectivity index (χ0v) is 10.4.